The standard InChI is InChI=1S/C9H12N2O3/c1-14-7-3-5(4-8(12)13)2-6(10)9(7)11/h2-3H,4,10-11H2,1H3,(H,12,13). The molecule has 0 aliphatic heterocycles. The average molecular weight is 196 g/mol. The van der Waals surface area contributed by atoms with Crippen LogP contribution in [0.25, 0.3) is 0 Å². The lowest BCUT2D eigenvalue weighted by Gasteiger charge is -2.09. The van der Waals surface area contributed by atoms with Crippen molar-refractivity contribution in [2.45, 2.75) is 6.42 Å². The average Bonchev–Trinajstić information content (AvgIpc) is 2.10. The molecule has 0 unspecified atom stereocenters. The first-order valence-corrected chi connectivity index (χ1v) is 3.98. The van der Waals surface area contributed by atoms with E-state index < -0.39 is 5.97 Å². The van der Waals surface area contributed by atoms with Crippen LogP contribution >= 0.6 is 0 Å². The molecule has 0 spiro atoms. The highest BCUT2D eigenvalue weighted by Crippen LogP contribution is 2.29. The van der Waals surface area contributed by atoms with E-state index in [1.165, 1.54) is 13.2 Å². The number of hydrogen-bond acceptors (Lipinski definition) is 4. The van der Waals surface area contributed by atoms with Crippen molar-refractivity contribution < 1.29 is 14.6 Å². The molecule has 76 valence electrons. The molecular formula is C9H12N2O3. The number of nitrogen functional groups attached to an aromatic ring is 2. The van der Waals surface area contributed by atoms with Gasteiger partial charge in [0.15, 0.2) is 0 Å². The van der Waals surface area contributed by atoms with E-state index in [0.717, 1.165) is 0 Å². The number of anilines is 2. The van der Waals surface area contributed by atoms with Crippen LogP contribution in [0.1, 0.15) is 5.56 Å². The third-order valence-electron chi connectivity index (χ3n) is 1.81. The molecule has 0 atom stereocenters. The maximum atomic E-state index is 10.5. The van der Waals surface area contributed by atoms with Crippen molar-refractivity contribution in [2.24, 2.45) is 0 Å². The van der Waals surface area contributed by atoms with Gasteiger partial charge in [-0.15, -0.1) is 0 Å². The molecule has 1 aromatic rings. The third kappa shape index (κ3) is 2.07. The molecule has 0 saturated heterocycles. The van der Waals surface area contributed by atoms with Crippen LogP contribution in [0.5, 0.6) is 5.75 Å². The van der Waals surface area contributed by atoms with Crippen molar-refractivity contribution in [1.29, 1.82) is 0 Å². The van der Waals surface area contributed by atoms with Crippen LogP contribution in [0.3, 0.4) is 0 Å². The zero-order chi connectivity index (χ0) is 10.7. The van der Waals surface area contributed by atoms with E-state index in [1.807, 2.05) is 0 Å². The van der Waals surface area contributed by atoms with Crippen molar-refractivity contribution in [3.05, 3.63) is 17.7 Å². The number of methoxy groups -OCH3 is 1. The van der Waals surface area contributed by atoms with Crippen LogP contribution in [-0.2, 0) is 11.2 Å². The zero-order valence-corrected chi connectivity index (χ0v) is 7.78. The summed E-state index contributed by atoms with van der Waals surface area (Å²) in [4.78, 5) is 10.5. The molecule has 0 aliphatic rings. The molecule has 0 amide bonds. The highest BCUT2D eigenvalue weighted by molar-refractivity contribution is 5.76. The minimum Gasteiger partial charge on any atom is -0.495 e. The Morgan fingerprint density at radius 2 is 2.14 bits per heavy atom. The minimum atomic E-state index is -0.920. The Bertz CT molecular complexity index is 363. The summed E-state index contributed by atoms with van der Waals surface area (Å²) >= 11 is 0. The Morgan fingerprint density at radius 1 is 1.50 bits per heavy atom. The molecule has 5 heteroatoms. The molecule has 0 radical (unpaired) electrons. The van der Waals surface area contributed by atoms with Gasteiger partial charge in [0.2, 0.25) is 0 Å². The Labute approximate surface area is 81.3 Å². The molecule has 0 heterocycles. The van der Waals surface area contributed by atoms with E-state index in [1.54, 1.807) is 6.07 Å². The molecule has 0 fully saturated rings. The van der Waals surface area contributed by atoms with E-state index in [2.05, 4.69) is 0 Å². The van der Waals surface area contributed by atoms with Gasteiger partial charge in [0.1, 0.15) is 5.75 Å². The summed E-state index contributed by atoms with van der Waals surface area (Å²) in [6.07, 6.45) is -0.0964. The largest absolute Gasteiger partial charge is 0.495 e. The summed E-state index contributed by atoms with van der Waals surface area (Å²) in [7, 11) is 1.45. The number of carboxylic acid groups (broad SMARTS) is 1. The predicted octanol–water partition coefficient (Wildman–Crippen LogP) is 0.487. The summed E-state index contributed by atoms with van der Waals surface area (Å²) < 4.78 is 4.95. The summed E-state index contributed by atoms with van der Waals surface area (Å²) in [5, 5.41) is 8.58. The second kappa shape index (κ2) is 3.87. The fourth-order valence-electron chi connectivity index (χ4n) is 1.15. The second-order valence-electron chi connectivity index (χ2n) is 2.87. The van der Waals surface area contributed by atoms with E-state index in [9.17, 15) is 4.79 Å². The first kappa shape index (κ1) is 10.2. The van der Waals surface area contributed by atoms with Crippen molar-refractivity contribution in [1.82, 2.24) is 0 Å². The van der Waals surface area contributed by atoms with Gasteiger partial charge in [-0.3, -0.25) is 4.79 Å². The molecule has 5 nitrogen and oxygen atoms in total. The minimum absolute atomic E-state index is 0.0964. The maximum Gasteiger partial charge on any atom is 0.307 e. The highest BCUT2D eigenvalue weighted by atomic mass is 16.5. The molecule has 0 aliphatic carbocycles. The van der Waals surface area contributed by atoms with Crippen molar-refractivity contribution in [3.8, 4) is 5.75 Å². The molecule has 1 aromatic carbocycles. The predicted molar refractivity (Wildman–Crippen MR) is 53.2 cm³/mol. The number of carbonyl (C=O) groups is 1. The molecule has 5 N–H and O–H groups in total. The smallest absolute Gasteiger partial charge is 0.307 e. The summed E-state index contributed by atoms with van der Waals surface area (Å²) in [6, 6.07) is 3.10. The number of benzene rings is 1. The molecule has 0 aromatic heterocycles. The summed E-state index contributed by atoms with van der Waals surface area (Å²) in [5.41, 5.74) is 12.4. The SMILES string of the molecule is COc1cc(CC(=O)O)cc(N)c1N. The first-order chi connectivity index (χ1) is 6.54. The van der Waals surface area contributed by atoms with Crippen molar-refractivity contribution >= 4 is 17.3 Å². The molecular weight excluding hydrogens is 184 g/mol. The zero-order valence-electron chi connectivity index (χ0n) is 7.78. The summed E-state index contributed by atoms with van der Waals surface area (Å²) in [5.74, 6) is -0.516. The Morgan fingerprint density at radius 3 is 2.64 bits per heavy atom. The maximum absolute atomic E-state index is 10.5. The van der Waals surface area contributed by atoms with Gasteiger partial charge in [-0.2, -0.15) is 0 Å². The topological polar surface area (TPSA) is 98.6 Å². The number of nitrogens with two attached hydrogens (primary N) is 2. The highest BCUT2D eigenvalue weighted by Gasteiger charge is 2.08. The Hall–Kier alpha value is -1.91. The second-order valence-corrected chi connectivity index (χ2v) is 2.87. The van der Waals surface area contributed by atoms with E-state index in [-0.39, 0.29) is 6.42 Å². The normalized spacial score (nSPS) is 9.79. The van der Waals surface area contributed by atoms with Gasteiger partial charge < -0.3 is 21.3 Å². The molecule has 0 bridgehead atoms. The van der Waals surface area contributed by atoms with Crippen LogP contribution in [0.15, 0.2) is 12.1 Å². The molecule has 14 heavy (non-hydrogen) atoms. The van der Waals surface area contributed by atoms with Crippen LogP contribution in [0, 0.1) is 0 Å². The van der Waals surface area contributed by atoms with E-state index in [0.29, 0.717) is 22.7 Å². The van der Waals surface area contributed by atoms with Crippen LogP contribution in [0.2, 0.25) is 0 Å². The summed E-state index contributed by atoms with van der Waals surface area (Å²) in [6.45, 7) is 0. The quantitative estimate of drug-likeness (QED) is 0.611. The Kier molecular flexibility index (Phi) is 2.81. The third-order valence-corrected chi connectivity index (χ3v) is 1.81. The van der Waals surface area contributed by atoms with Gasteiger partial charge in [-0.25, -0.2) is 0 Å². The molecule has 1 rings (SSSR count). The number of rotatable bonds is 3. The van der Waals surface area contributed by atoms with E-state index in [4.69, 9.17) is 21.3 Å². The van der Waals surface area contributed by atoms with Gasteiger partial charge in [0.25, 0.3) is 0 Å². The van der Waals surface area contributed by atoms with Crippen LogP contribution < -0.4 is 16.2 Å². The fourth-order valence-corrected chi connectivity index (χ4v) is 1.15. The van der Waals surface area contributed by atoms with Crippen molar-refractivity contribution in [3.63, 3.8) is 0 Å². The number of hydrogen-bond donors (Lipinski definition) is 3. The van der Waals surface area contributed by atoms with Crippen LogP contribution in [0.4, 0.5) is 11.4 Å². The number of aliphatic carboxylic acids is 1. The van der Waals surface area contributed by atoms with Gasteiger partial charge in [0, 0.05) is 0 Å². The molecule has 0 saturated carbocycles. The lowest BCUT2D eigenvalue weighted by atomic mass is 10.1. The lowest BCUT2D eigenvalue weighted by Crippen LogP contribution is -2.04. The van der Waals surface area contributed by atoms with Crippen LogP contribution in [-0.4, -0.2) is 18.2 Å². The number of ether oxygens (including phenoxy) is 1. The van der Waals surface area contributed by atoms with Gasteiger partial charge in [-0.1, -0.05) is 0 Å². The fraction of sp³-hybridized carbons (Fsp3) is 0.222. The van der Waals surface area contributed by atoms with Crippen molar-refractivity contribution in [2.75, 3.05) is 18.6 Å². The first-order valence-electron chi connectivity index (χ1n) is 3.98. The lowest BCUT2D eigenvalue weighted by molar-refractivity contribution is -0.136. The van der Waals surface area contributed by atoms with Gasteiger partial charge in [0.05, 0.1) is 24.9 Å². The monoisotopic (exact) mass is 196 g/mol. The Balaban J connectivity index is 3.09. The van der Waals surface area contributed by atoms with Gasteiger partial charge in [-0.05, 0) is 17.7 Å². The van der Waals surface area contributed by atoms with E-state index >= 15 is 0 Å². The van der Waals surface area contributed by atoms with Gasteiger partial charge >= 0.3 is 5.97 Å². The number of carboxylic acids is 1.